The van der Waals surface area contributed by atoms with Crippen LogP contribution in [0.2, 0.25) is 0 Å². The highest BCUT2D eigenvalue weighted by molar-refractivity contribution is 7.16. The van der Waals surface area contributed by atoms with Crippen molar-refractivity contribution in [3.05, 3.63) is 16.0 Å². The minimum atomic E-state index is -0.452. The molecule has 1 aromatic rings. The van der Waals surface area contributed by atoms with Gasteiger partial charge in [-0.05, 0) is 42.6 Å². The van der Waals surface area contributed by atoms with Crippen molar-refractivity contribution < 1.29 is 4.79 Å². The summed E-state index contributed by atoms with van der Waals surface area (Å²) in [6.45, 7) is 12.5. The number of rotatable bonds is 2. The van der Waals surface area contributed by atoms with Gasteiger partial charge in [0.25, 0.3) is 0 Å². The van der Waals surface area contributed by atoms with Crippen molar-refractivity contribution in [2.24, 2.45) is 16.7 Å². The van der Waals surface area contributed by atoms with E-state index in [2.05, 4.69) is 32.2 Å². The monoisotopic (exact) mass is 332 g/mol. The number of hydrogen-bond donors (Lipinski definition) is 1. The van der Waals surface area contributed by atoms with Crippen molar-refractivity contribution in [3.63, 3.8) is 0 Å². The second kappa shape index (κ2) is 6.28. The maximum Gasteiger partial charge on any atom is 0.230 e. The lowest BCUT2D eigenvalue weighted by atomic mass is 9.77. The normalized spacial score (nSPS) is 18.2. The summed E-state index contributed by atoms with van der Waals surface area (Å²) in [5.74, 6) is 0.651. The van der Waals surface area contributed by atoms with Crippen molar-refractivity contribution in [3.8, 4) is 6.07 Å². The SMILES string of the molecule is CC(C)(C)CC1CCc2c(sc(NC(=O)C(C)(C)C)c2C#N)C1. The summed E-state index contributed by atoms with van der Waals surface area (Å²) in [4.78, 5) is 13.6. The van der Waals surface area contributed by atoms with Gasteiger partial charge >= 0.3 is 0 Å². The molecule has 4 heteroatoms. The Morgan fingerprint density at radius 2 is 1.96 bits per heavy atom. The number of nitrogens with zero attached hydrogens (tertiary/aromatic N) is 1. The largest absolute Gasteiger partial charge is 0.316 e. The Morgan fingerprint density at radius 3 is 2.48 bits per heavy atom. The molecular weight excluding hydrogens is 304 g/mol. The molecule has 1 N–H and O–H groups in total. The summed E-state index contributed by atoms with van der Waals surface area (Å²) in [5, 5.41) is 13.3. The van der Waals surface area contributed by atoms with Gasteiger partial charge in [0, 0.05) is 10.3 Å². The van der Waals surface area contributed by atoms with Gasteiger partial charge in [0.2, 0.25) is 5.91 Å². The Balaban J connectivity index is 2.23. The third-order valence-corrected chi connectivity index (χ3v) is 5.46. The van der Waals surface area contributed by atoms with Gasteiger partial charge < -0.3 is 5.32 Å². The quantitative estimate of drug-likeness (QED) is 0.814. The summed E-state index contributed by atoms with van der Waals surface area (Å²) >= 11 is 1.61. The molecule has 0 saturated heterocycles. The summed E-state index contributed by atoms with van der Waals surface area (Å²) in [6, 6.07) is 2.32. The average Bonchev–Trinajstić information content (AvgIpc) is 2.71. The molecule has 23 heavy (non-hydrogen) atoms. The minimum Gasteiger partial charge on any atom is -0.316 e. The molecule has 2 rings (SSSR count). The van der Waals surface area contributed by atoms with Crippen LogP contribution in [0.4, 0.5) is 5.00 Å². The van der Waals surface area contributed by atoms with Gasteiger partial charge in [-0.3, -0.25) is 4.79 Å². The molecule has 0 aliphatic heterocycles. The van der Waals surface area contributed by atoms with Gasteiger partial charge in [-0.2, -0.15) is 5.26 Å². The number of nitriles is 1. The van der Waals surface area contributed by atoms with Crippen LogP contribution in [0.1, 0.15) is 70.4 Å². The summed E-state index contributed by atoms with van der Waals surface area (Å²) in [7, 11) is 0. The zero-order valence-electron chi connectivity index (χ0n) is 15.2. The first-order valence-corrected chi connectivity index (χ1v) is 9.19. The number of fused-ring (bicyclic) bond motifs is 1. The van der Waals surface area contributed by atoms with Crippen molar-refractivity contribution in [2.45, 2.75) is 67.2 Å². The van der Waals surface area contributed by atoms with E-state index in [1.165, 1.54) is 16.9 Å². The van der Waals surface area contributed by atoms with E-state index in [1.807, 2.05) is 20.8 Å². The maximum atomic E-state index is 12.3. The lowest BCUT2D eigenvalue weighted by molar-refractivity contribution is -0.123. The Morgan fingerprint density at radius 1 is 1.30 bits per heavy atom. The lowest BCUT2D eigenvalue weighted by Crippen LogP contribution is -2.27. The molecule has 0 aromatic carbocycles. The molecule has 1 aliphatic rings. The topological polar surface area (TPSA) is 52.9 Å². The zero-order valence-corrected chi connectivity index (χ0v) is 16.0. The van der Waals surface area contributed by atoms with Crippen molar-refractivity contribution >= 4 is 22.2 Å². The highest BCUT2D eigenvalue weighted by atomic mass is 32.1. The van der Waals surface area contributed by atoms with Crippen LogP contribution < -0.4 is 5.32 Å². The summed E-state index contributed by atoms with van der Waals surface area (Å²) in [5.41, 5.74) is 1.75. The van der Waals surface area contributed by atoms with Crippen LogP contribution in [0.3, 0.4) is 0 Å². The second-order valence-electron chi connectivity index (χ2n) is 8.90. The predicted octanol–water partition coefficient (Wildman–Crippen LogP) is 5.15. The smallest absolute Gasteiger partial charge is 0.230 e. The molecule has 0 saturated carbocycles. The third kappa shape index (κ3) is 4.35. The molecule has 0 fully saturated rings. The van der Waals surface area contributed by atoms with E-state index in [-0.39, 0.29) is 5.91 Å². The van der Waals surface area contributed by atoms with Crippen LogP contribution in [0.5, 0.6) is 0 Å². The number of carbonyl (C=O) groups excluding carboxylic acids is 1. The predicted molar refractivity (Wildman–Crippen MR) is 96.7 cm³/mol. The van der Waals surface area contributed by atoms with Gasteiger partial charge in [-0.15, -0.1) is 11.3 Å². The van der Waals surface area contributed by atoms with Gasteiger partial charge in [0.1, 0.15) is 11.1 Å². The van der Waals surface area contributed by atoms with Crippen molar-refractivity contribution in [1.82, 2.24) is 0 Å². The molecular formula is C19H28N2OS. The van der Waals surface area contributed by atoms with E-state index in [9.17, 15) is 10.1 Å². The van der Waals surface area contributed by atoms with Crippen LogP contribution >= 0.6 is 11.3 Å². The number of carbonyl (C=O) groups is 1. The van der Waals surface area contributed by atoms with Crippen molar-refractivity contribution in [1.29, 1.82) is 5.26 Å². The molecule has 3 nitrogen and oxygen atoms in total. The zero-order chi connectivity index (χ0) is 17.4. The first kappa shape index (κ1) is 18.0. The van der Waals surface area contributed by atoms with Gasteiger partial charge in [-0.25, -0.2) is 0 Å². The Labute approximate surface area is 144 Å². The number of nitrogens with one attached hydrogen (secondary N) is 1. The minimum absolute atomic E-state index is 0.0289. The molecule has 0 radical (unpaired) electrons. The maximum absolute atomic E-state index is 12.3. The van der Waals surface area contributed by atoms with Crippen LogP contribution in [0.15, 0.2) is 0 Å². The Hall–Kier alpha value is -1.34. The number of hydrogen-bond acceptors (Lipinski definition) is 3. The average molecular weight is 333 g/mol. The number of amides is 1. The second-order valence-corrected chi connectivity index (χ2v) is 10.0. The molecule has 1 heterocycles. The van der Waals surface area contributed by atoms with E-state index in [0.29, 0.717) is 16.9 Å². The fourth-order valence-corrected chi connectivity index (χ4v) is 4.50. The molecule has 1 unspecified atom stereocenters. The van der Waals surface area contributed by atoms with Gasteiger partial charge in [0.05, 0.1) is 5.56 Å². The summed E-state index contributed by atoms with van der Waals surface area (Å²) in [6.07, 6.45) is 4.34. The standard InChI is InChI=1S/C19H28N2OS/c1-18(2,3)10-12-7-8-13-14(11-20)16(23-15(13)9-12)21-17(22)19(4,5)6/h12H,7-10H2,1-6H3,(H,21,22). The van der Waals surface area contributed by atoms with E-state index in [4.69, 9.17) is 0 Å². The molecule has 126 valence electrons. The molecule has 1 aromatic heterocycles. The van der Waals surface area contributed by atoms with E-state index >= 15 is 0 Å². The molecule has 1 aliphatic carbocycles. The molecule has 0 bridgehead atoms. The highest BCUT2D eigenvalue weighted by Crippen LogP contribution is 2.42. The van der Waals surface area contributed by atoms with Crippen LogP contribution in [-0.2, 0) is 17.6 Å². The number of anilines is 1. The van der Waals surface area contributed by atoms with Gasteiger partial charge in [-0.1, -0.05) is 41.5 Å². The highest BCUT2D eigenvalue weighted by Gasteiger charge is 2.30. The third-order valence-electron chi connectivity index (χ3n) is 4.29. The fourth-order valence-electron chi connectivity index (χ4n) is 3.19. The van der Waals surface area contributed by atoms with Gasteiger partial charge in [0.15, 0.2) is 0 Å². The molecule has 0 spiro atoms. The van der Waals surface area contributed by atoms with Crippen molar-refractivity contribution in [2.75, 3.05) is 5.32 Å². The molecule has 1 amide bonds. The Kier molecular flexibility index (Phi) is 4.92. The first-order valence-electron chi connectivity index (χ1n) is 8.37. The van der Waals surface area contributed by atoms with Crippen LogP contribution in [0, 0.1) is 28.1 Å². The number of thiophene rings is 1. The van der Waals surface area contributed by atoms with Crippen LogP contribution in [-0.4, -0.2) is 5.91 Å². The van der Waals surface area contributed by atoms with Crippen LogP contribution in [0.25, 0.3) is 0 Å². The van der Waals surface area contributed by atoms with E-state index in [0.717, 1.165) is 24.3 Å². The lowest BCUT2D eigenvalue weighted by Gasteiger charge is -2.28. The van der Waals surface area contributed by atoms with E-state index in [1.54, 1.807) is 11.3 Å². The fraction of sp³-hybridized carbons (Fsp3) is 0.684. The summed E-state index contributed by atoms with van der Waals surface area (Å²) < 4.78 is 0. The molecule has 1 atom stereocenters. The Bertz CT molecular complexity index is 638. The first-order chi connectivity index (χ1) is 10.5. The van der Waals surface area contributed by atoms with E-state index < -0.39 is 5.41 Å².